The standard InChI is InChI=1S/C16H20N2O2S/c1-11-4-7-13-14(9-11)18(8-2-3-12-5-6-12)16(17-13)21-10-15(19)20/h4,7,9,12H,2-3,5-6,8,10H2,1H3,(H,19,20). The molecule has 1 aliphatic carbocycles. The van der Waals surface area contributed by atoms with E-state index in [-0.39, 0.29) is 5.75 Å². The molecule has 0 unspecified atom stereocenters. The molecule has 0 bridgehead atoms. The fourth-order valence-electron chi connectivity index (χ4n) is 2.61. The molecule has 3 rings (SSSR count). The molecule has 0 atom stereocenters. The summed E-state index contributed by atoms with van der Waals surface area (Å²) in [6.07, 6.45) is 5.17. The first-order valence-corrected chi connectivity index (χ1v) is 8.43. The highest BCUT2D eigenvalue weighted by Gasteiger charge is 2.21. The number of carbonyl (C=O) groups is 1. The summed E-state index contributed by atoms with van der Waals surface area (Å²) in [6, 6.07) is 6.21. The van der Waals surface area contributed by atoms with Gasteiger partial charge in [0.05, 0.1) is 16.8 Å². The molecule has 112 valence electrons. The molecule has 1 aliphatic rings. The van der Waals surface area contributed by atoms with Crippen molar-refractivity contribution in [1.29, 1.82) is 0 Å². The van der Waals surface area contributed by atoms with Gasteiger partial charge in [-0.3, -0.25) is 4.79 Å². The minimum Gasteiger partial charge on any atom is -0.481 e. The number of aliphatic carboxylic acids is 1. The third-order valence-corrected chi connectivity index (χ3v) is 4.85. The van der Waals surface area contributed by atoms with Crippen molar-refractivity contribution in [2.45, 2.75) is 44.3 Å². The van der Waals surface area contributed by atoms with Gasteiger partial charge in [-0.05, 0) is 43.4 Å². The number of aryl methyl sites for hydroxylation is 2. The molecule has 1 aromatic heterocycles. The van der Waals surface area contributed by atoms with Crippen molar-refractivity contribution in [2.24, 2.45) is 5.92 Å². The van der Waals surface area contributed by atoms with E-state index in [1.165, 1.54) is 36.6 Å². The number of rotatable bonds is 7. The van der Waals surface area contributed by atoms with Crippen LogP contribution >= 0.6 is 11.8 Å². The molecule has 4 nitrogen and oxygen atoms in total. The highest BCUT2D eigenvalue weighted by molar-refractivity contribution is 7.99. The summed E-state index contributed by atoms with van der Waals surface area (Å²) in [4.78, 5) is 15.4. The SMILES string of the molecule is Cc1ccc2nc(SCC(=O)O)n(CCCC3CC3)c2c1. The second-order valence-electron chi connectivity index (χ2n) is 5.81. The van der Waals surface area contributed by atoms with Gasteiger partial charge in [0.2, 0.25) is 0 Å². The molecule has 1 N–H and O–H groups in total. The first kappa shape index (κ1) is 14.4. The monoisotopic (exact) mass is 304 g/mol. The zero-order chi connectivity index (χ0) is 14.8. The Hall–Kier alpha value is -1.49. The molecule has 0 saturated heterocycles. The van der Waals surface area contributed by atoms with Gasteiger partial charge in [-0.2, -0.15) is 0 Å². The van der Waals surface area contributed by atoms with E-state index < -0.39 is 5.97 Å². The van der Waals surface area contributed by atoms with Crippen molar-refractivity contribution in [2.75, 3.05) is 5.75 Å². The molecule has 0 amide bonds. The highest BCUT2D eigenvalue weighted by Crippen LogP contribution is 2.34. The molecule has 1 fully saturated rings. The number of fused-ring (bicyclic) bond motifs is 1. The predicted molar refractivity (Wildman–Crippen MR) is 84.8 cm³/mol. The lowest BCUT2D eigenvalue weighted by Gasteiger charge is -2.08. The average Bonchev–Trinajstić information content (AvgIpc) is 3.20. The van der Waals surface area contributed by atoms with E-state index in [9.17, 15) is 4.79 Å². The Morgan fingerprint density at radius 2 is 2.29 bits per heavy atom. The fraction of sp³-hybridized carbons (Fsp3) is 0.500. The number of imidazole rings is 1. The smallest absolute Gasteiger partial charge is 0.313 e. The van der Waals surface area contributed by atoms with Crippen LogP contribution in [0.5, 0.6) is 0 Å². The highest BCUT2D eigenvalue weighted by atomic mass is 32.2. The molecular formula is C16H20N2O2S. The van der Waals surface area contributed by atoms with Crippen LogP contribution in [0.4, 0.5) is 0 Å². The Morgan fingerprint density at radius 3 is 3.00 bits per heavy atom. The van der Waals surface area contributed by atoms with Crippen LogP contribution in [0.25, 0.3) is 11.0 Å². The van der Waals surface area contributed by atoms with E-state index >= 15 is 0 Å². The van der Waals surface area contributed by atoms with Gasteiger partial charge in [-0.15, -0.1) is 0 Å². The normalized spacial score (nSPS) is 14.7. The zero-order valence-corrected chi connectivity index (χ0v) is 13.0. The molecule has 5 heteroatoms. The minimum absolute atomic E-state index is 0.0604. The van der Waals surface area contributed by atoms with E-state index in [4.69, 9.17) is 5.11 Å². The van der Waals surface area contributed by atoms with Crippen LogP contribution in [0.15, 0.2) is 23.4 Å². The predicted octanol–water partition coefficient (Wildman–Crippen LogP) is 3.71. The lowest BCUT2D eigenvalue weighted by molar-refractivity contribution is -0.133. The van der Waals surface area contributed by atoms with Gasteiger partial charge < -0.3 is 9.67 Å². The quantitative estimate of drug-likeness (QED) is 0.792. The van der Waals surface area contributed by atoms with Gasteiger partial charge >= 0.3 is 5.97 Å². The molecule has 1 heterocycles. The summed E-state index contributed by atoms with van der Waals surface area (Å²) < 4.78 is 2.19. The van der Waals surface area contributed by atoms with Crippen LogP contribution in [0.2, 0.25) is 0 Å². The second kappa shape index (κ2) is 6.10. The Labute approximate surface area is 128 Å². The summed E-state index contributed by atoms with van der Waals surface area (Å²) in [5.41, 5.74) is 3.29. The van der Waals surface area contributed by atoms with Crippen molar-refractivity contribution >= 4 is 28.8 Å². The number of aromatic nitrogens is 2. The van der Waals surface area contributed by atoms with Gasteiger partial charge in [0.1, 0.15) is 0 Å². The van der Waals surface area contributed by atoms with Crippen LogP contribution in [0, 0.1) is 12.8 Å². The Kier molecular flexibility index (Phi) is 4.19. The van der Waals surface area contributed by atoms with E-state index in [1.807, 2.05) is 6.07 Å². The summed E-state index contributed by atoms with van der Waals surface area (Å²) >= 11 is 1.31. The molecule has 1 aromatic carbocycles. The number of hydrogen-bond acceptors (Lipinski definition) is 3. The van der Waals surface area contributed by atoms with Gasteiger partial charge in [0.15, 0.2) is 5.16 Å². The van der Waals surface area contributed by atoms with Crippen molar-refractivity contribution < 1.29 is 9.90 Å². The van der Waals surface area contributed by atoms with Crippen molar-refractivity contribution in [3.63, 3.8) is 0 Å². The summed E-state index contributed by atoms with van der Waals surface area (Å²) in [6.45, 7) is 3.00. The second-order valence-corrected chi connectivity index (χ2v) is 6.75. The summed E-state index contributed by atoms with van der Waals surface area (Å²) in [7, 11) is 0. The Morgan fingerprint density at radius 1 is 1.48 bits per heavy atom. The molecule has 21 heavy (non-hydrogen) atoms. The molecule has 0 spiro atoms. The third-order valence-electron chi connectivity index (χ3n) is 3.88. The molecule has 0 radical (unpaired) electrons. The summed E-state index contributed by atoms with van der Waals surface area (Å²) in [5.74, 6) is 0.190. The topological polar surface area (TPSA) is 55.1 Å². The van der Waals surface area contributed by atoms with Crippen LogP contribution < -0.4 is 0 Å². The van der Waals surface area contributed by atoms with E-state index in [2.05, 4.69) is 28.6 Å². The largest absolute Gasteiger partial charge is 0.481 e. The lowest BCUT2D eigenvalue weighted by Crippen LogP contribution is -2.04. The van der Waals surface area contributed by atoms with Crippen LogP contribution in [0.3, 0.4) is 0 Å². The van der Waals surface area contributed by atoms with Gasteiger partial charge in [0.25, 0.3) is 0 Å². The molecule has 0 aliphatic heterocycles. The maximum Gasteiger partial charge on any atom is 0.313 e. The first-order chi connectivity index (χ1) is 10.1. The number of carboxylic acid groups (broad SMARTS) is 1. The van der Waals surface area contributed by atoms with Gasteiger partial charge in [-0.25, -0.2) is 4.98 Å². The Bertz CT molecular complexity index is 662. The fourth-order valence-corrected chi connectivity index (χ4v) is 3.37. The van der Waals surface area contributed by atoms with Crippen molar-refractivity contribution in [3.05, 3.63) is 23.8 Å². The van der Waals surface area contributed by atoms with Crippen LogP contribution in [-0.2, 0) is 11.3 Å². The van der Waals surface area contributed by atoms with E-state index in [0.717, 1.165) is 35.1 Å². The minimum atomic E-state index is -0.798. The number of benzene rings is 1. The average molecular weight is 304 g/mol. The lowest BCUT2D eigenvalue weighted by atomic mass is 10.2. The first-order valence-electron chi connectivity index (χ1n) is 7.45. The van der Waals surface area contributed by atoms with E-state index in [0.29, 0.717) is 0 Å². The number of thioether (sulfide) groups is 1. The van der Waals surface area contributed by atoms with Gasteiger partial charge in [-0.1, -0.05) is 30.7 Å². The van der Waals surface area contributed by atoms with Crippen molar-refractivity contribution in [3.8, 4) is 0 Å². The molecular weight excluding hydrogens is 284 g/mol. The number of hydrogen-bond donors (Lipinski definition) is 1. The molecule has 1 saturated carbocycles. The van der Waals surface area contributed by atoms with E-state index in [1.54, 1.807) is 0 Å². The number of carboxylic acids is 1. The van der Waals surface area contributed by atoms with Crippen LogP contribution in [0.1, 0.15) is 31.2 Å². The van der Waals surface area contributed by atoms with Crippen LogP contribution in [-0.4, -0.2) is 26.4 Å². The number of nitrogens with zero attached hydrogens (tertiary/aromatic N) is 2. The molecule has 2 aromatic rings. The Balaban J connectivity index is 1.84. The summed E-state index contributed by atoms with van der Waals surface area (Å²) in [5, 5.41) is 9.71. The van der Waals surface area contributed by atoms with Crippen molar-refractivity contribution in [1.82, 2.24) is 9.55 Å². The maximum atomic E-state index is 10.8. The zero-order valence-electron chi connectivity index (χ0n) is 12.2. The maximum absolute atomic E-state index is 10.8. The third kappa shape index (κ3) is 3.59. The van der Waals surface area contributed by atoms with Gasteiger partial charge in [0, 0.05) is 6.54 Å².